The molecule has 0 fully saturated rings. The van der Waals surface area contributed by atoms with Crippen molar-refractivity contribution in [1.29, 1.82) is 0 Å². The quantitative estimate of drug-likeness (QED) is 0.592. The van der Waals surface area contributed by atoms with Crippen molar-refractivity contribution in [3.05, 3.63) is 35.4 Å². The van der Waals surface area contributed by atoms with Crippen molar-refractivity contribution < 1.29 is 9.63 Å². The van der Waals surface area contributed by atoms with Crippen LogP contribution in [0.4, 0.5) is 0 Å². The number of benzene rings is 1. The van der Waals surface area contributed by atoms with Crippen LogP contribution >= 0.6 is 0 Å². The van der Waals surface area contributed by atoms with Gasteiger partial charge in [-0.25, -0.2) is 0 Å². The van der Waals surface area contributed by atoms with Crippen LogP contribution in [0.1, 0.15) is 11.1 Å². The maximum absolute atomic E-state index is 10.8. The lowest BCUT2D eigenvalue weighted by molar-refractivity contribution is -0.125. The zero-order valence-corrected chi connectivity index (χ0v) is 8.86. The van der Waals surface area contributed by atoms with E-state index in [1.807, 2.05) is 31.2 Å². The average Bonchev–Trinajstić information content (AvgIpc) is 2.26. The first-order valence-corrected chi connectivity index (χ1v) is 4.65. The van der Waals surface area contributed by atoms with Crippen molar-refractivity contribution in [2.75, 3.05) is 13.7 Å². The Labute approximate surface area is 88.9 Å². The van der Waals surface area contributed by atoms with Gasteiger partial charge in [0.1, 0.15) is 0 Å². The molecule has 0 bridgehead atoms. The maximum Gasteiger partial charge on any atom is 0.260 e. The summed E-state index contributed by atoms with van der Waals surface area (Å²) in [6.07, 6.45) is 1.57. The van der Waals surface area contributed by atoms with E-state index in [1.165, 1.54) is 5.56 Å². The highest BCUT2D eigenvalue weighted by molar-refractivity contribution is 5.79. The maximum atomic E-state index is 10.8. The van der Waals surface area contributed by atoms with E-state index < -0.39 is 0 Å². The number of nitrogens with zero attached hydrogens (tertiary/aromatic N) is 1. The van der Waals surface area contributed by atoms with Crippen LogP contribution in [0.5, 0.6) is 0 Å². The molecule has 0 aromatic heterocycles. The first kappa shape index (κ1) is 11.2. The van der Waals surface area contributed by atoms with Gasteiger partial charge in [-0.2, -0.15) is 0 Å². The molecule has 0 aliphatic rings. The van der Waals surface area contributed by atoms with Crippen molar-refractivity contribution in [3.63, 3.8) is 0 Å². The van der Waals surface area contributed by atoms with E-state index in [2.05, 4.69) is 10.5 Å². The van der Waals surface area contributed by atoms with Crippen LogP contribution in [0.2, 0.25) is 0 Å². The summed E-state index contributed by atoms with van der Waals surface area (Å²) in [5, 5.41) is 6.11. The molecule has 0 unspecified atom stereocenters. The van der Waals surface area contributed by atoms with Crippen LogP contribution in [0.25, 0.3) is 0 Å². The number of rotatable bonds is 4. The molecule has 0 saturated heterocycles. The van der Waals surface area contributed by atoms with Gasteiger partial charge in [-0.3, -0.25) is 4.79 Å². The number of carbonyl (C=O) groups is 1. The predicted molar refractivity (Wildman–Crippen MR) is 58.8 cm³/mol. The Kier molecular flexibility index (Phi) is 4.34. The minimum atomic E-state index is -0.198. The summed E-state index contributed by atoms with van der Waals surface area (Å²) in [6, 6.07) is 7.84. The number of oxime groups is 1. The van der Waals surface area contributed by atoms with Gasteiger partial charge >= 0.3 is 0 Å². The first-order chi connectivity index (χ1) is 7.22. The molecule has 1 N–H and O–H groups in total. The van der Waals surface area contributed by atoms with Crippen LogP contribution in [0, 0.1) is 6.92 Å². The lowest BCUT2D eigenvalue weighted by atomic mass is 10.2. The van der Waals surface area contributed by atoms with E-state index in [9.17, 15) is 4.79 Å². The summed E-state index contributed by atoms with van der Waals surface area (Å²) in [6.45, 7) is 1.96. The Bertz CT molecular complexity index is 344. The van der Waals surface area contributed by atoms with E-state index in [0.717, 1.165) is 5.56 Å². The Balaban J connectivity index is 2.38. The summed E-state index contributed by atoms with van der Waals surface area (Å²) >= 11 is 0. The van der Waals surface area contributed by atoms with Crippen LogP contribution in [-0.4, -0.2) is 25.8 Å². The second kappa shape index (κ2) is 5.80. The molecule has 1 rings (SSSR count). The fourth-order valence-corrected chi connectivity index (χ4v) is 0.919. The Morgan fingerprint density at radius 3 is 2.73 bits per heavy atom. The van der Waals surface area contributed by atoms with Gasteiger partial charge in [-0.05, 0) is 12.5 Å². The first-order valence-electron chi connectivity index (χ1n) is 4.65. The summed E-state index contributed by atoms with van der Waals surface area (Å²) in [5.41, 5.74) is 2.14. The fourth-order valence-electron chi connectivity index (χ4n) is 0.919. The molecule has 0 aliphatic carbocycles. The van der Waals surface area contributed by atoms with Gasteiger partial charge in [0, 0.05) is 7.05 Å². The van der Waals surface area contributed by atoms with Gasteiger partial charge < -0.3 is 10.2 Å². The van der Waals surface area contributed by atoms with Gasteiger partial charge in [-0.15, -0.1) is 0 Å². The monoisotopic (exact) mass is 206 g/mol. The highest BCUT2D eigenvalue weighted by Crippen LogP contribution is 2.00. The number of carbonyl (C=O) groups excluding carboxylic acids is 1. The Morgan fingerprint density at radius 1 is 1.47 bits per heavy atom. The predicted octanol–water partition coefficient (Wildman–Crippen LogP) is 1.09. The molecule has 0 radical (unpaired) electrons. The van der Waals surface area contributed by atoms with Crippen LogP contribution in [-0.2, 0) is 9.63 Å². The minimum absolute atomic E-state index is 0.0567. The van der Waals surface area contributed by atoms with Crippen LogP contribution in [0.3, 0.4) is 0 Å². The molecule has 15 heavy (non-hydrogen) atoms. The highest BCUT2D eigenvalue weighted by Gasteiger charge is 1.94. The molecule has 4 nitrogen and oxygen atoms in total. The smallest absolute Gasteiger partial charge is 0.260 e. The average molecular weight is 206 g/mol. The van der Waals surface area contributed by atoms with E-state index in [0.29, 0.717) is 0 Å². The third kappa shape index (κ3) is 4.26. The highest BCUT2D eigenvalue weighted by atomic mass is 16.6. The van der Waals surface area contributed by atoms with Gasteiger partial charge in [0.15, 0.2) is 6.61 Å². The van der Waals surface area contributed by atoms with E-state index in [4.69, 9.17) is 4.84 Å². The zero-order chi connectivity index (χ0) is 11.1. The van der Waals surface area contributed by atoms with Gasteiger partial charge in [0.2, 0.25) is 0 Å². The number of nitrogens with one attached hydrogen (secondary N) is 1. The molecule has 0 atom stereocenters. The molecule has 1 aromatic carbocycles. The van der Waals surface area contributed by atoms with Gasteiger partial charge in [-0.1, -0.05) is 35.0 Å². The van der Waals surface area contributed by atoms with E-state index in [-0.39, 0.29) is 12.5 Å². The lowest BCUT2D eigenvalue weighted by Crippen LogP contribution is -2.22. The zero-order valence-electron chi connectivity index (χ0n) is 8.86. The lowest BCUT2D eigenvalue weighted by Gasteiger charge is -1.97. The van der Waals surface area contributed by atoms with Gasteiger partial charge in [0.25, 0.3) is 5.91 Å². The van der Waals surface area contributed by atoms with E-state index in [1.54, 1.807) is 13.3 Å². The number of amides is 1. The SMILES string of the molecule is CNC(=O)CO/N=C/c1ccc(C)cc1. The summed E-state index contributed by atoms with van der Waals surface area (Å²) in [7, 11) is 1.55. The minimum Gasteiger partial charge on any atom is -0.386 e. The normalized spacial score (nSPS) is 10.3. The second-order valence-electron chi connectivity index (χ2n) is 3.09. The fraction of sp³-hybridized carbons (Fsp3) is 0.273. The molecule has 1 aromatic rings. The topological polar surface area (TPSA) is 50.7 Å². The summed E-state index contributed by atoms with van der Waals surface area (Å²) in [4.78, 5) is 15.5. The summed E-state index contributed by atoms with van der Waals surface area (Å²) in [5.74, 6) is -0.198. The van der Waals surface area contributed by atoms with Crippen molar-refractivity contribution in [2.45, 2.75) is 6.92 Å². The molecule has 4 heteroatoms. The van der Waals surface area contributed by atoms with E-state index >= 15 is 0 Å². The van der Waals surface area contributed by atoms with Crippen molar-refractivity contribution in [3.8, 4) is 0 Å². The molecule has 0 saturated carbocycles. The standard InChI is InChI=1S/C11H14N2O2/c1-9-3-5-10(6-4-9)7-13-15-8-11(14)12-2/h3-7H,8H2,1-2H3,(H,12,14)/b13-7+. The van der Waals surface area contributed by atoms with Gasteiger partial charge in [0.05, 0.1) is 6.21 Å². The number of hydrogen-bond donors (Lipinski definition) is 1. The number of hydrogen-bond acceptors (Lipinski definition) is 3. The Hall–Kier alpha value is -1.84. The number of likely N-dealkylation sites (N-methyl/N-ethyl adjacent to an activating group) is 1. The van der Waals surface area contributed by atoms with Crippen LogP contribution in [0.15, 0.2) is 29.4 Å². The molecule has 0 aliphatic heterocycles. The third-order valence-electron chi connectivity index (χ3n) is 1.83. The molecule has 0 spiro atoms. The number of aryl methyl sites for hydroxylation is 1. The molecular formula is C11H14N2O2. The Morgan fingerprint density at radius 2 is 2.13 bits per heavy atom. The van der Waals surface area contributed by atoms with Crippen LogP contribution < -0.4 is 5.32 Å². The molecule has 0 heterocycles. The molecular weight excluding hydrogens is 192 g/mol. The molecule has 1 amide bonds. The summed E-state index contributed by atoms with van der Waals surface area (Å²) < 4.78 is 0. The van der Waals surface area contributed by atoms with Crippen molar-refractivity contribution >= 4 is 12.1 Å². The van der Waals surface area contributed by atoms with Crippen molar-refractivity contribution in [2.24, 2.45) is 5.16 Å². The second-order valence-corrected chi connectivity index (χ2v) is 3.09. The third-order valence-corrected chi connectivity index (χ3v) is 1.83. The largest absolute Gasteiger partial charge is 0.386 e. The van der Waals surface area contributed by atoms with Crippen molar-refractivity contribution in [1.82, 2.24) is 5.32 Å². The molecule has 80 valence electrons.